The molecule has 164 valence electrons. The van der Waals surface area contributed by atoms with E-state index in [2.05, 4.69) is 5.32 Å². The van der Waals surface area contributed by atoms with Gasteiger partial charge in [0.25, 0.3) is 5.91 Å². The number of amides is 2. The van der Waals surface area contributed by atoms with Crippen LogP contribution in [-0.4, -0.2) is 38.7 Å². The summed E-state index contributed by atoms with van der Waals surface area (Å²) in [4.78, 5) is 37.9. The van der Waals surface area contributed by atoms with Crippen LogP contribution < -0.4 is 10.4 Å². The first-order valence-corrected chi connectivity index (χ1v) is 10.8. The van der Waals surface area contributed by atoms with Gasteiger partial charge in [-0.05, 0) is 36.3 Å². The Hall–Kier alpha value is -3.43. The van der Waals surface area contributed by atoms with E-state index in [4.69, 9.17) is 17.3 Å². The van der Waals surface area contributed by atoms with Crippen molar-refractivity contribution in [1.82, 2.24) is 4.90 Å². The monoisotopic (exact) mass is 467 g/mol. The number of hydrogen-bond acceptors (Lipinski definition) is 6. The Morgan fingerprint density at radius 1 is 1.22 bits per heavy atom. The molecule has 9 heteroatoms. The van der Waals surface area contributed by atoms with Gasteiger partial charge in [0, 0.05) is 18.7 Å². The van der Waals surface area contributed by atoms with E-state index in [1.165, 1.54) is 22.7 Å². The standard InChI is InChI=1S/C23H20N2O5S2/c1-14(11-15-5-3-2-4-6-15)12-19-21(28)25(23(31)32-19)10-9-20(27)24-16-7-8-18(26)17(13-16)22(29)30/h2-8,11-13,26H,9-10H2,1H3,(H,24,27)(H,29,30)/p-1/b14-11-,19-12-. The van der Waals surface area contributed by atoms with Crippen molar-refractivity contribution in [1.29, 1.82) is 0 Å². The van der Waals surface area contributed by atoms with Gasteiger partial charge in [-0.25, -0.2) is 4.79 Å². The Bertz CT molecular complexity index is 1140. The molecule has 0 unspecified atom stereocenters. The van der Waals surface area contributed by atoms with E-state index in [1.807, 2.05) is 43.3 Å². The lowest BCUT2D eigenvalue weighted by molar-refractivity contribution is -0.268. The van der Waals surface area contributed by atoms with Crippen LogP contribution in [0.15, 0.2) is 65.1 Å². The number of allylic oxidation sites excluding steroid dienone is 2. The highest BCUT2D eigenvalue weighted by Gasteiger charge is 2.32. The summed E-state index contributed by atoms with van der Waals surface area (Å²) in [6.07, 6.45) is 3.68. The van der Waals surface area contributed by atoms with E-state index in [-0.39, 0.29) is 24.6 Å². The summed E-state index contributed by atoms with van der Waals surface area (Å²) in [7, 11) is 0. The SMILES string of the molecule is CC(=C/c1ccccc1)/C=C1\SC(=S)N(CCC(=O)Nc2ccc([O-])c(C(=O)O)c2)C1=O. The molecule has 0 bridgehead atoms. The summed E-state index contributed by atoms with van der Waals surface area (Å²) in [6, 6.07) is 13.2. The predicted octanol–water partition coefficient (Wildman–Crippen LogP) is 3.63. The molecule has 0 atom stereocenters. The molecular formula is C23H19N2O5S2-. The normalized spacial score (nSPS) is 15.3. The van der Waals surface area contributed by atoms with Gasteiger partial charge in [0.15, 0.2) is 0 Å². The Balaban J connectivity index is 1.61. The Kier molecular flexibility index (Phi) is 7.45. The molecule has 1 aliphatic heterocycles. The van der Waals surface area contributed by atoms with Crippen LogP contribution in [0, 0.1) is 0 Å². The molecule has 3 rings (SSSR count). The van der Waals surface area contributed by atoms with Crippen LogP contribution in [0.1, 0.15) is 29.3 Å². The van der Waals surface area contributed by atoms with Gasteiger partial charge in [0.2, 0.25) is 5.91 Å². The summed E-state index contributed by atoms with van der Waals surface area (Å²) in [5.74, 6) is -2.71. The number of rotatable bonds is 7. The molecular weight excluding hydrogens is 448 g/mol. The summed E-state index contributed by atoms with van der Waals surface area (Å²) < 4.78 is 0.366. The van der Waals surface area contributed by atoms with Crippen molar-refractivity contribution in [3.05, 3.63) is 76.2 Å². The summed E-state index contributed by atoms with van der Waals surface area (Å²) in [5, 5.41) is 23.1. The number of nitrogens with one attached hydrogen (secondary N) is 1. The number of hydrogen-bond donors (Lipinski definition) is 2. The number of carboxylic acid groups (broad SMARTS) is 1. The van der Waals surface area contributed by atoms with E-state index in [0.717, 1.165) is 23.3 Å². The van der Waals surface area contributed by atoms with Crippen molar-refractivity contribution >= 4 is 57.8 Å². The zero-order valence-electron chi connectivity index (χ0n) is 17.0. The number of aromatic carboxylic acids is 1. The number of benzene rings is 2. The van der Waals surface area contributed by atoms with Crippen molar-refractivity contribution in [2.75, 3.05) is 11.9 Å². The molecule has 1 aliphatic rings. The van der Waals surface area contributed by atoms with E-state index in [1.54, 1.807) is 6.08 Å². The van der Waals surface area contributed by atoms with Crippen molar-refractivity contribution in [2.45, 2.75) is 13.3 Å². The van der Waals surface area contributed by atoms with Gasteiger partial charge in [0.05, 0.1) is 10.5 Å². The first kappa shape index (κ1) is 23.2. The van der Waals surface area contributed by atoms with Crippen molar-refractivity contribution in [2.24, 2.45) is 0 Å². The van der Waals surface area contributed by atoms with E-state index >= 15 is 0 Å². The average molecular weight is 468 g/mol. The fourth-order valence-corrected chi connectivity index (χ4v) is 4.32. The third-order valence-electron chi connectivity index (χ3n) is 4.48. The topological polar surface area (TPSA) is 110 Å². The fourth-order valence-electron chi connectivity index (χ4n) is 2.97. The molecule has 0 spiro atoms. The summed E-state index contributed by atoms with van der Waals surface area (Å²) in [6.45, 7) is 1.98. The van der Waals surface area contributed by atoms with Crippen molar-refractivity contribution < 1.29 is 24.6 Å². The average Bonchev–Trinajstić information content (AvgIpc) is 3.00. The second kappa shape index (κ2) is 10.3. The Labute approximate surface area is 194 Å². The summed E-state index contributed by atoms with van der Waals surface area (Å²) >= 11 is 6.47. The highest BCUT2D eigenvalue weighted by Crippen LogP contribution is 2.32. The molecule has 2 N–H and O–H groups in total. The highest BCUT2D eigenvalue weighted by molar-refractivity contribution is 8.26. The molecule has 0 radical (unpaired) electrons. The lowest BCUT2D eigenvalue weighted by Crippen LogP contribution is -2.31. The minimum absolute atomic E-state index is 0.0416. The van der Waals surface area contributed by atoms with Gasteiger partial charge in [-0.3, -0.25) is 14.5 Å². The maximum atomic E-state index is 12.7. The smallest absolute Gasteiger partial charge is 0.335 e. The van der Waals surface area contributed by atoms with Crippen LogP contribution in [0.25, 0.3) is 6.08 Å². The minimum Gasteiger partial charge on any atom is -0.872 e. The first-order valence-electron chi connectivity index (χ1n) is 9.57. The molecule has 0 aliphatic carbocycles. The maximum Gasteiger partial charge on any atom is 0.335 e. The number of carbonyl (C=O) groups excluding carboxylic acids is 2. The lowest BCUT2D eigenvalue weighted by atomic mass is 10.1. The van der Waals surface area contributed by atoms with E-state index in [9.17, 15) is 19.5 Å². The minimum atomic E-state index is -1.37. The second-order valence-corrected chi connectivity index (χ2v) is 8.62. The molecule has 32 heavy (non-hydrogen) atoms. The lowest BCUT2D eigenvalue weighted by Gasteiger charge is -2.15. The van der Waals surface area contributed by atoms with Crippen LogP contribution in [0.3, 0.4) is 0 Å². The molecule has 1 heterocycles. The Morgan fingerprint density at radius 2 is 1.94 bits per heavy atom. The molecule has 1 saturated heterocycles. The number of nitrogens with zero attached hydrogens (tertiary/aromatic N) is 1. The molecule has 0 aromatic heterocycles. The van der Waals surface area contributed by atoms with E-state index < -0.39 is 23.2 Å². The van der Waals surface area contributed by atoms with Gasteiger partial charge >= 0.3 is 5.97 Å². The third-order valence-corrected chi connectivity index (χ3v) is 5.86. The second-order valence-electron chi connectivity index (χ2n) is 6.95. The van der Waals surface area contributed by atoms with Gasteiger partial charge in [-0.2, -0.15) is 0 Å². The quantitative estimate of drug-likeness (QED) is 0.473. The molecule has 1 fully saturated rings. The molecule has 7 nitrogen and oxygen atoms in total. The molecule has 2 aromatic rings. The zero-order valence-corrected chi connectivity index (χ0v) is 18.7. The van der Waals surface area contributed by atoms with Crippen molar-refractivity contribution in [3.8, 4) is 5.75 Å². The zero-order chi connectivity index (χ0) is 23.3. The van der Waals surface area contributed by atoms with Crippen LogP contribution >= 0.6 is 24.0 Å². The number of anilines is 1. The van der Waals surface area contributed by atoms with Gasteiger partial charge in [0.1, 0.15) is 4.32 Å². The van der Waals surface area contributed by atoms with Gasteiger partial charge < -0.3 is 15.5 Å². The largest absolute Gasteiger partial charge is 0.872 e. The molecule has 0 saturated carbocycles. The fraction of sp³-hybridized carbons (Fsp3) is 0.130. The van der Waals surface area contributed by atoms with Crippen LogP contribution in [0.5, 0.6) is 5.75 Å². The molecule has 2 aromatic carbocycles. The third kappa shape index (κ3) is 5.83. The van der Waals surface area contributed by atoms with Crippen LogP contribution in [-0.2, 0) is 9.59 Å². The molecule has 2 amide bonds. The maximum absolute atomic E-state index is 12.7. The Morgan fingerprint density at radius 3 is 2.62 bits per heavy atom. The van der Waals surface area contributed by atoms with Gasteiger partial charge in [-0.15, -0.1) is 0 Å². The number of carbonyl (C=O) groups is 3. The predicted molar refractivity (Wildman–Crippen MR) is 126 cm³/mol. The van der Waals surface area contributed by atoms with Crippen LogP contribution in [0.2, 0.25) is 0 Å². The van der Waals surface area contributed by atoms with Crippen molar-refractivity contribution in [3.63, 3.8) is 0 Å². The number of thiocarbonyl (C=S) groups is 1. The summed E-state index contributed by atoms with van der Waals surface area (Å²) in [5.41, 5.74) is 1.68. The first-order chi connectivity index (χ1) is 15.2. The number of carboxylic acids is 1. The van der Waals surface area contributed by atoms with Gasteiger partial charge in [-0.1, -0.05) is 72.2 Å². The highest BCUT2D eigenvalue weighted by atomic mass is 32.2. The number of thioether (sulfide) groups is 1. The van der Waals surface area contributed by atoms with Crippen LogP contribution in [0.4, 0.5) is 5.69 Å². The van der Waals surface area contributed by atoms with E-state index in [0.29, 0.717) is 9.23 Å².